The molecule has 3 aromatic rings. The number of hydrogen-bond acceptors (Lipinski definition) is 4. The van der Waals surface area contributed by atoms with Gasteiger partial charge in [-0.3, -0.25) is 9.10 Å². The van der Waals surface area contributed by atoms with Crippen LogP contribution in [0.1, 0.15) is 11.1 Å². The average molecular weight is 491 g/mol. The van der Waals surface area contributed by atoms with Gasteiger partial charge in [0, 0.05) is 18.1 Å². The van der Waals surface area contributed by atoms with Gasteiger partial charge in [0.15, 0.2) is 0 Å². The second-order valence-corrected chi connectivity index (χ2v) is 10.3. The van der Waals surface area contributed by atoms with Gasteiger partial charge in [0.2, 0.25) is 5.91 Å². The van der Waals surface area contributed by atoms with E-state index in [0.29, 0.717) is 23.6 Å². The zero-order valence-corrected chi connectivity index (χ0v) is 19.6. The minimum atomic E-state index is -4.05. The zero-order valence-electron chi connectivity index (χ0n) is 18.0. The number of carbonyl (C=O) groups is 1. The number of anilines is 1. The summed E-state index contributed by atoms with van der Waals surface area (Å²) < 4.78 is 54.5. The van der Waals surface area contributed by atoms with E-state index in [1.54, 1.807) is 30.3 Å². The average Bonchev–Trinajstić information content (AvgIpc) is 2.79. The Morgan fingerprint density at radius 2 is 1.64 bits per heavy atom. The summed E-state index contributed by atoms with van der Waals surface area (Å²) in [4.78, 5) is 12.6. The molecular formula is C24H24F2N2O3S2. The lowest BCUT2D eigenvalue weighted by molar-refractivity contribution is -0.119. The van der Waals surface area contributed by atoms with Gasteiger partial charge in [-0.1, -0.05) is 35.9 Å². The highest BCUT2D eigenvalue weighted by atomic mass is 32.2. The van der Waals surface area contributed by atoms with Gasteiger partial charge in [0.05, 0.1) is 10.6 Å². The van der Waals surface area contributed by atoms with E-state index in [9.17, 15) is 22.0 Å². The van der Waals surface area contributed by atoms with Crippen molar-refractivity contribution in [2.24, 2.45) is 0 Å². The monoisotopic (exact) mass is 490 g/mol. The Morgan fingerprint density at radius 3 is 2.30 bits per heavy atom. The SMILES string of the molecule is Cc1ccc(S(=O)(=O)N(CC(=O)NCCSCc2ccccc2F)c2ccc(F)cc2)cc1. The number of nitrogens with zero attached hydrogens (tertiary/aromatic N) is 1. The fourth-order valence-electron chi connectivity index (χ4n) is 3.01. The second kappa shape index (κ2) is 11.3. The van der Waals surface area contributed by atoms with Crippen molar-refractivity contribution >= 4 is 33.4 Å². The van der Waals surface area contributed by atoms with Crippen molar-refractivity contribution in [2.75, 3.05) is 23.1 Å². The molecule has 5 nitrogen and oxygen atoms in total. The molecule has 0 fully saturated rings. The lowest BCUT2D eigenvalue weighted by Gasteiger charge is -2.24. The largest absolute Gasteiger partial charge is 0.354 e. The van der Waals surface area contributed by atoms with Crippen molar-refractivity contribution in [3.63, 3.8) is 0 Å². The van der Waals surface area contributed by atoms with Crippen molar-refractivity contribution in [3.05, 3.63) is 95.6 Å². The first-order chi connectivity index (χ1) is 15.8. The van der Waals surface area contributed by atoms with E-state index in [0.717, 1.165) is 22.0 Å². The second-order valence-electron chi connectivity index (χ2n) is 7.30. The van der Waals surface area contributed by atoms with Crippen LogP contribution in [0.2, 0.25) is 0 Å². The van der Waals surface area contributed by atoms with Gasteiger partial charge < -0.3 is 5.32 Å². The quantitative estimate of drug-likeness (QED) is 0.425. The number of hydrogen-bond donors (Lipinski definition) is 1. The molecule has 0 aromatic heterocycles. The minimum absolute atomic E-state index is 0.0330. The lowest BCUT2D eigenvalue weighted by atomic mass is 10.2. The van der Waals surface area contributed by atoms with E-state index < -0.39 is 28.3 Å². The lowest BCUT2D eigenvalue weighted by Crippen LogP contribution is -2.41. The summed E-state index contributed by atoms with van der Waals surface area (Å²) in [6, 6.07) is 17.7. The molecule has 0 aliphatic heterocycles. The molecule has 0 spiro atoms. The molecule has 1 amide bonds. The first-order valence-electron chi connectivity index (χ1n) is 10.2. The smallest absolute Gasteiger partial charge is 0.264 e. The molecule has 3 rings (SSSR count). The van der Waals surface area contributed by atoms with E-state index in [1.807, 2.05) is 6.92 Å². The van der Waals surface area contributed by atoms with Gasteiger partial charge in [0.1, 0.15) is 18.2 Å². The van der Waals surface area contributed by atoms with E-state index in [4.69, 9.17) is 0 Å². The predicted octanol–water partition coefficient (Wildman–Crippen LogP) is 4.52. The van der Waals surface area contributed by atoms with Gasteiger partial charge >= 0.3 is 0 Å². The molecule has 0 aliphatic carbocycles. The number of amides is 1. The Balaban J connectivity index is 1.64. The third-order valence-electron chi connectivity index (χ3n) is 4.79. The molecule has 0 heterocycles. The highest BCUT2D eigenvalue weighted by Gasteiger charge is 2.27. The zero-order chi connectivity index (χ0) is 23.8. The number of carbonyl (C=O) groups excluding carboxylic acids is 1. The maximum absolute atomic E-state index is 13.7. The summed E-state index contributed by atoms with van der Waals surface area (Å²) >= 11 is 1.45. The number of rotatable bonds is 10. The fourth-order valence-corrected chi connectivity index (χ4v) is 5.27. The van der Waals surface area contributed by atoms with Crippen molar-refractivity contribution in [2.45, 2.75) is 17.6 Å². The third kappa shape index (κ3) is 6.79. The van der Waals surface area contributed by atoms with Crippen LogP contribution in [0.4, 0.5) is 14.5 Å². The highest BCUT2D eigenvalue weighted by molar-refractivity contribution is 7.98. The Bertz CT molecular complexity index is 1190. The normalized spacial score (nSPS) is 11.2. The van der Waals surface area contributed by atoms with Crippen LogP contribution in [0, 0.1) is 18.6 Å². The Morgan fingerprint density at radius 1 is 0.970 bits per heavy atom. The molecule has 0 saturated heterocycles. The van der Waals surface area contributed by atoms with Crippen LogP contribution >= 0.6 is 11.8 Å². The predicted molar refractivity (Wildman–Crippen MR) is 128 cm³/mol. The number of nitrogens with one attached hydrogen (secondary N) is 1. The summed E-state index contributed by atoms with van der Waals surface area (Å²) in [7, 11) is -4.05. The number of aryl methyl sites for hydroxylation is 1. The van der Waals surface area contributed by atoms with Gasteiger partial charge in [-0.2, -0.15) is 11.8 Å². The topological polar surface area (TPSA) is 66.5 Å². The Kier molecular flexibility index (Phi) is 8.46. The van der Waals surface area contributed by atoms with E-state index >= 15 is 0 Å². The van der Waals surface area contributed by atoms with Crippen molar-refractivity contribution in [1.82, 2.24) is 5.32 Å². The first kappa shape index (κ1) is 24.7. The number of sulfonamides is 1. The van der Waals surface area contributed by atoms with E-state index in [-0.39, 0.29) is 16.4 Å². The molecule has 0 saturated carbocycles. The maximum Gasteiger partial charge on any atom is 0.264 e. The molecule has 1 N–H and O–H groups in total. The molecule has 0 unspecified atom stereocenters. The van der Waals surface area contributed by atoms with Crippen LogP contribution in [-0.2, 0) is 20.6 Å². The van der Waals surface area contributed by atoms with Crippen LogP contribution in [0.15, 0.2) is 77.7 Å². The van der Waals surface area contributed by atoms with Gasteiger partial charge in [-0.15, -0.1) is 0 Å². The summed E-state index contributed by atoms with van der Waals surface area (Å²) in [6.45, 7) is 1.67. The molecule has 9 heteroatoms. The van der Waals surface area contributed by atoms with Crippen LogP contribution in [0.5, 0.6) is 0 Å². The maximum atomic E-state index is 13.7. The molecular weight excluding hydrogens is 466 g/mol. The number of thioether (sulfide) groups is 1. The van der Waals surface area contributed by atoms with E-state index in [1.165, 1.54) is 42.1 Å². The van der Waals surface area contributed by atoms with Gasteiger partial charge in [-0.05, 0) is 55.0 Å². The molecule has 0 atom stereocenters. The number of benzene rings is 3. The number of halogens is 2. The molecule has 0 radical (unpaired) electrons. The molecule has 0 bridgehead atoms. The first-order valence-corrected chi connectivity index (χ1v) is 12.8. The summed E-state index contributed by atoms with van der Waals surface area (Å²) in [5.41, 5.74) is 1.66. The minimum Gasteiger partial charge on any atom is -0.354 e. The Hall–Kier alpha value is -2.91. The molecule has 0 aliphatic rings. The van der Waals surface area contributed by atoms with Crippen molar-refractivity contribution < 1.29 is 22.0 Å². The van der Waals surface area contributed by atoms with Gasteiger partial charge in [-0.25, -0.2) is 17.2 Å². The summed E-state index contributed by atoms with van der Waals surface area (Å²) in [5.74, 6) is -0.289. The standard InChI is InChI=1S/C24H24F2N2O3S2/c1-18-6-12-22(13-7-18)33(30,31)28(21-10-8-20(25)9-11-21)16-24(29)27-14-15-32-17-19-4-2-3-5-23(19)26/h2-13H,14-17H2,1H3,(H,27,29). The third-order valence-corrected chi connectivity index (χ3v) is 7.59. The van der Waals surface area contributed by atoms with Crippen LogP contribution in [-0.4, -0.2) is 33.2 Å². The fraction of sp³-hybridized carbons (Fsp3) is 0.208. The van der Waals surface area contributed by atoms with Gasteiger partial charge in [0.25, 0.3) is 10.0 Å². The summed E-state index contributed by atoms with van der Waals surface area (Å²) in [6.07, 6.45) is 0. The van der Waals surface area contributed by atoms with Crippen LogP contribution in [0.25, 0.3) is 0 Å². The van der Waals surface area contributed by atoms with Crippen LogP contribution in [0.3, 0.4) is 0 Å². The summed E-state index contributed by atoms with van der Waals surface area (Å²) in [5, 5.41) is 2.69. The Labute approximate surface area is 196 Å². The molecule has 33 heavy (non-hydrogen) atoms. The molecule has 174 valence electrons. The molecule has 3 aromatic carbocycles. The van der Waals surface area contributed by atoms with Crippen LogP contribution < -0.4 is 9.62 Å². The highest BCUT2D eigenvalue weighted by Crippen LogP contribution is 2.24. The van der Waals surface area contributed by atoms with E-state index in [2.05, 4.69) is 5.32 Å². The van der Waals surface area contributed by atoms with Crippen molar-refractivity contribution in [3.8, 4) is 0 Å². The van der Waals surface area contributed by atoms with Crippen molar-refractivity contribution in [1.29, 1.82) is 0 Å².